The molecule has 0 amide bonds. The van der Waals surface area contributed by atoms with Crippen LogP contribution in [0, 0.1) is 10.1 Å². The molecule has 0 fully saturated rings. The first-order valence-electron chi connectivity index (χ1n) is 8.04. The first kappa shape index (κ1) is 18.9. The maximum absolute atomic E-state index is 12.3. The molecule has 3 rings (SSSR count). The minimum absolute atomic E-state index is 0.0204. The Labute approximate surface area is 160 Å². The molecule has 0 radical (unpaired) electrons. The zero-order valence-electron chi connectivity index (χ0n) is 15.3. The summed E-state index contributed by atoms with van der Waals surface area (Å²) >= 11 is 0. The fourth-order valence-electron chi connectivity index (χ4n) is 2.59. The topological polar surface area (TPSA) is 109 Å². The standard InChI is InChI=1S/C19H16N2O7/c1-25-13-6-4-11(17(10-13)27-3)8-15-19(22)28-18(20-15)14-9-12(21(23)24)5-7-16(14)26-2/h4-10H,1-3H3/b15-8+. The van der Waals surface area contributed by atoms with E-state index in [9.17, 15) is 14.9 Å². The number of non-ortho nitro benzene ring substituents is 1. The Balaban J connectivity index is 2.03. The van der Waals surface area contributed by atoms with Gasteiger partial charge in [0.2, 0.25) is 5.90 Å². The average Bonchev–Trinajstić information content (AvgIpc) is 3.07. The first-order chi connectivity index (χ1) is 13.5. The van der Waals surface area contributed by atoms with Gasteiger partial charge in [0.25, 0.3) is 5.69 Å². The van der Waals surface area contributed by atoms with Gasteiger partial charge in [0.1, 0.15) is 17.2 Å². The number of ether oxygens (including phenoxy) is 4. The summed E-state index contributed by atoms with van der Waals surface area (Å²) in [6.45, 7) is 0. The zero-order chi connectivity index (χ0) is 20.3. The largest absolute Gasteiger partial charge is 0.497 e. The summed E-state index contributed by atoms with van der Waals surface area (Å²) in [6.07, 6.45) is 1.50. The smallest absolute Gasteiger partial charge is 0.363 e. The number of cyclic esters (lactones) is 1. The van der Waals surface area contributed by atoms with Crippen LogP contribution in [0.15, 0.2) is 47.1 Å². The number of hydrogen-bond acceptors (Lipinski definition) is 8. The van der Waals surface area contributed by atoms with Crippen LogP contribution < -0.4 is 14.2 Å². The summed E-state index contributed by atoms with van der Waals surface area (Å²) in [5.41, 5.74) is 0.636. The lowest BCUT2D eigenvalue weighted by molar-refractivity contribution is -0.384. The number of esters is 1. The average molecular weight is 384 g/mol. The van der Waals surface area contributed by atoms with E-state index in [4.69, 9.17) is 18.9 Å². The van der Waals surface area contributed by atoms with Gasteiger partial charge in [-0.1, -0.05) is 0 Å². The van der Waals surface area contributed by atoms with Crippen LogP contribution >= 0.6 is 0 Å². The number of nitro groups is 1. The van der Waals surface area contributed by atoms with Gasteiger partial charge in [-0.05, 0) is 24.3 Å². The summed E-state index contributed by atoms with van der Waals surface area (Å²) in [5, 5.41) is 11.0. The third kappa shape index (κ3) is 3.63. The fourth-order valence-corrected chi connectivity index (χ4v) is 2.59. The second-order valence-corrected chi connectivity index (χ2v) is 5.59. The number of carbonyl (C=O) groups is 1. The molecule has 0 saturated heterocycles. The van der Waals surface area contributed by atoms with Gasteiger partial charge in [-0.3, -0.25) is 10.1 Å². The van der Waals surface area contributed by atoms with E-state index < -0.39 is 10.9 Å². The van der Waals surface area contributed by atoms with Crippen molar-refractivity contribution >= 4 is 23.6 Å². The molecule has 0 aromatic heterocycles. The summed E-state index contributed by atoms with van der Waals surface area (Å²) in [6, 6.07) is 9.03. The molecule has 1 aliphatic rings. The lowest BCUT2D eigenvalue weighted by Gasteiger charge is -2.07. The second-order valence-electron chi connectivity index (χ2n) is 5.59. The van der Waals surface area contributed by atoms with Crippen LogP contribution in [0.5, 0.6) is 17.2 Å². The summed E-state index contributed by atoms with van der Waals surface area (Å²) < 4.78 is 20.8. The minimum atomic E-state index is -0.693. The molecule has 144 valence electrons. The monoisotopic (exact) mass is 384 g/mol. The molecule has 0 unspecified atom stereocenters. The SMILES string of the molecule is COc1ccc(/C=C2/N=C(c3cc([N+](=O)[O-])ccc3OC)OC2=O)c(OC)c1. The van der Waals surface area contributed by atoms with Crippen LogP contribution in [0.1, 0.15) is 11.1 Å². The van der Waals surface area contributed by atoms with E-state index in [1.165, 1.54) is 45.6 Å². The van der Waals surface area contributed by atoms with Crippen LogP contribution in [0.4, 0.5) is 5.69 Å². The maximum Gasteiger partial charge on any atom is 0.363 e. The number of benzene rings is 2. The van der Waals surface area contributed by atoms with Gasteiger partial charge in [-0.25, -0.2) is 9.79 Å². The molecule has 0 saturated carbocycles. The maximum atomic E-state index is 12.3. The number of carbonyl (C=O) groups excluding carboxylic acids is 1. The van der Waals surface area contributed by atoms with Gasteiger partial charge in [-0.15, -0.1) is 0 Å². The number of nitrogens with zero attached hydrogens (tertiary/aromatic N) is 2. The van der Waals surface area contributed by atoms with Crippen LogP contribution in [-0.4, -0.2) is 38.1 Å². The highest BCUT2D eigenvalue weighted by molar-refractivity contribution is 6.14. The Morgan fingerprint density at radius 1 is 1.04 bits per heavy atom. The van der Waals surface area contributed by atoms with Gasteiger partial charge >= 0.3 is 5.97 Å². The molecule has 28 heavy (non-hydrogen) atoms. The van der Waals surface area contributed by atoms with Crippen molar-refractivity contribution in [3.8, 4) is 17.2 Å². The van der Waals surface area contributed by atoms with Crippen LogP contribution in [0.2, 0.25) is 0 Å². The van der Waals surface area contributed by atoms with Gasteiger partial charge in [0, 0.05) is 23.8 Å². The fraction of sp³-hybridized carbons (Fsp3) is 0.158. The highest BCUT2D eigenvalue weighted by Crippen LogP contribution is 2.31. The van der Waals surface area contributed by atoms with Crippen LogP contribution in [0.3, 0.4) is 0 Å². The third-order valence-electron chi connectivity index (χ3n) is 3.98. The quantitative estimate of drug-likeness (QED) is 0.326. The molecule has 9 nitrogen and oxygen atoms in total. The van der Waals surface area contributed by atoms with Crippen molar-refractivity contribution in [2.45, 2.75) is 0 Å². The van der Waals surface area contributed by atoms with Crippen molar-refractivity contribution in [1.29, 1.82) is 0 Å². The number of aliphatic imine (C=N–C) groups is 1. The molecule has 1 aliphatic heterocycles. The molecule has 0 atom stereocenters. The number of hydrogen-bond donors (Lipinski definition) is 0. The molecule has 9 heteroatoms. The molecule has 2 aromatic carbocycles. The minimum Gasteiger partial charge on any atom is -0.497 e. The van der Waals surface area contributed by atoms with Gasteiger partial charge in [0.05, 0.1) is 31.8 Å². The van der Waals surface area contributed by atoms with E-state index in [1.807, 2.05) is 0 Å². The van der Waals surface area contributed by atoms with Crippen LogP contribution in [0.25, 0.3) is 6.08 Å². The zero-order valence-corrected chi connectivity index (χ0v) is 15.3. The van der Waals surface area contributed by atoms with Crippen molar-refractivity contribution in [1.82, 2.24) is 0 Å². The van der Waals surface area contributed by atoms with Crippen molar-refractivity contribution in [2.24, 2.45) is 4.99 Å². The number of nitro benzene ring substituents is 1. The molecular formula is C19H16N2O7. The van der Waals surface area contributed by atoms with Crippen LogP contribution in [-0.2, 0) is 9.53 Å². The second kappa shape index (κ2) is 7.78. The summed E-state index contributed by atoms with van der Waals surface area (Å²) in [5.74, 6) is 0.598. The van der Waals surface area contributed by atoms with E-state index in [0.29, 0.717) is 22.8 Å². The Hall–Kier alpha value is -3.88. The number of methoxy groups -OCH3 is 3. The first-order valence-corrected chi connectivity index (χ1v) is 8.04. The van der Waals surface area contributed by atoms with E-state index in [0.717, 1.165) is 0 Å². The molecule has 0 N–H and O–H groups in total. The predicted molar refractivity (Wildman–Crippen MR) is 99.8 cm³/mol. The molecule has 2 aromatic rings. The van der Waals surface area contributed by atoms with Crippen molar-refractivity contribution in [3.05, 3.63) is 63.3 Å². The van der Waals surface area contributed by atoms with E-state index >= 15 is 0 Å². The molecular weight excluding hydrogens is 368 g/mol. The third-order valence-corrected chi connectivity index (χ3v) is 3.98. The molecule has 1 heterocycles. The van der Waals surface area contributed by atoms with Crippen molar-refractivity contribution in [2.75, 3.05) is 21.3 Å². The summed E-state index contributed by atoms with van der Waals surface area (Å²) in [7, 11) is 4.43. The Morgan fingerprint density at radius 3 is 2.43 bits per heavy atom. The van der Waals surface area contributed by atoms with E-state index in [-0.39, 0.29) is 22.8 Å². The Morgan fingerprint density at radius 2 is 1.79 bits per heavy atom. The Kier molecular flexibility index (Phi) is 5.25. The summed E-state index contributed by atoms with van der Waals surface area (Å²) in [4.78, 5) is 26.9. The Bertz CT molecular complexity index is 1010. The molecule has 0 spiro atoms. The van der Waals surface area contributed by atoms with E-state index in [2.05, 4.69) is 4.99 Å². The predicted octanol–water partition coefficient (Wildman–Crippen LogP) is 2.97. The lowest BCUT2D eigenvalue weighted by Crippen LogP contribution is -2.07. The van der Waals surface area contributed by atoms with Gasteiger partial charge in [0.15, 0.2) is 5.70 Å². The van der Waals surface area contributed by atoms with Gasteiger partial charge in [-0.2, -0.15) is 0 Å². The van der Waals surface area contributed by atoms with E-state index in [1.54, 1.807) is 18.2 Å². The molecule has 0 aliphatic carbocycles. The van der Waals surface area contributed by atoms with Crippen molar-refractivity contribution < 1.29 is 28.7 Å². The number of rotatable bonds is 6. The normalized spacial score (nSPS) is 14.5. The lowest BCUT2D eigenvalue weighted by atomic mass is 10.1. The van der Waals surface area contributed by atoms with Crippen molar-refractivity contribution in [3.63, 3.8) is 0 Å². The van der Waals surface area contributed by atoms with Gasteiger partial charge < -0.3 is 18.9 Å². The molecule has 0 bridgehead atoms. The highest BCUT2D eigenvalue weighted by atomic mass is 16.6. The highest BCUT2D eigenvalue weighted by Gasteiger charge is 2.28.